The van der Waals surface area contributed by atoms with Gasteiger partial charge in [-0.3, -0.25) is 14.5 Å². The van der Waals surface area contributed by atoms with Gasteiger partial charge in [-0.1, -0.05) is 43.1 Å². The molecule has 0 radical (unpaired) electrons. The number of likely N-dealkylation sites (tertiary alicyclic amines) is 2. The van der Waals surface area contributed by atoms with E-state index in [9.17, 15) is 32.3 Å². The van der Waals surface area contributed by atoms with Crippen molar-refractivity contribution in [3.63, 3.8) is 0 Å². The number of para-hydroxylation sites is 1. The van der Waals surface area contributed by atoms with Crippen LogP contribution in [0, 0.1) is 0 Å². The quantitative estimate of drug-likeness (QED) is 0.181. The number of nitrogens with zero attached hydrogens (tertiary/aromatic N) is 5. The van der Waals surface area contributed by atoms with Crippen molar-refractivity contribution in [2.75, 3.05) is 77.1 Å². The largest absolute Gasteiger partial charge is 0.464 e. The molecular weight excluding hydrogens is 767 g/mol. The number of esters is 1. The van der Waals surface area contributed by atoms with Gasteiger partial charge in [0.25, 0.3) is 5.91 Å². The number of ether oxygens (including phenoxy) is 2. The monoisotopic (exact) mass is 819 g/mol. The molecule has 3 fully saturated rings. The number of nitrogens with two attached hydrogens (primary N) is 1. The lowest BCUT2D eigenvalue weighted by molar-refractivity contribution is -0.159. The fraction of sp³-hybridized carbons (Fsp3) is 0.600. The number of unbranched alkanes of at least 4 members (excludes halogenated alkanes) is 1. The minimum atomic E-state index is -4.83. The van der Waals surface area contributed by atoms with E-state index in [4.69, 9.17) is 26.8 Å². The highest BCUT2D eigenvalue weighted by atomic mass is 35.5. The standard InChI is InChI=1S/C40H53ClF3N7O6/c1-3-4-21-56-37(53)33-25-49(19-20-50(33)28-10-14-47(2)15-11-28)36(52)34(24-26-22-30(40(42,43)44)35(45)31(41)23-26)57-39(55)48-16-12-29(13-17-48)51-18-9-27-7-5-6-8-32(27)46-38(51)54/h5-8,22-23,28-29,33-34H,3-4,9-21,24-25,45H2,1-2H3,(H,46,54)/t33-,34+/m0/s1. The molecule has 57 heavy (non-hydrogen) atoms. The van der Waals surface area contributed by atoms with Crippen molar-refractivity contribution < 1.29 is 41.8 Å². The van der Waals surface area contributed by atoms with Gasteiger partial charge < -0.3 is 40.1 Å². The Labute approximate surface area is 336 Å². The SMILES string of the molecule is CCCCOC(=O)[C@@H]1CN(C(=O)[C@@H](Cc2cc(Cl)c(N)c(C(F)(F)F)c2)OC(=O)N2CCC(N3CCc4ccccc4NC3=O)CC2)CCN1C1CCN(C)CC1. The summed E-state index contributed by atoms with van der Waals surface area (Å²) in [7, 11) is 2.05. The number of alkyl halides is 3. The number of benzene rings is 2. The lowest BCUT2D eigenvalue weighted by Gasteiger charge is -2.46. The van der Waals surface area contributed by atoms with Crippen LogP contribution in [0.5, 0.6) is 0 Å². The average Bonchev–Trinajstić information content (AvgIpc) is 3.36. The lowest BCUT2D eigenvalue weighted by atomic mass is 9.98. The van der Waals surface area contributed by atoms with Crippen LogP contribution in [0.2, 0.25) is 5.02 Å². The molecule has 6 rings (SSSR count). The molecule has 3 N–H and O–H groups in total. The third-order valence-corrected chi connectivity index (χ3v) is 12.0. The molecule has 2 atom stereocenters. The van der Waals surface area contributed by atoms with E-state index in [0.29, 0.717) is 38.8 Å². The van der Waals surface area contributed by atoms with Crippen molar-refractivity contribution in [2.45, 2.75) is 88.7 Å². The zero-order valence-corrected chi connectivity index (χ0v) is 33.3. The van der Waals surface area contributed by atoms with Crippen LogP contribution in [0.4, 0.5) is 34.1 Å². The number of nitrogens with one attached hydrogen (secondary N) is 1. The predicted octanol–water partition coefficient (Wildman–Crippen LogP) is 5.49. The lowest BCUT2D eigenvalue weighted by Crippen LogP contribution is -2.63. The number of carbonyl (C=O) groups is 4. The summed E-state index contributed by atoms with van der Waals surface area (Å²) >= 11 is 6.17. The Hall–Kier alpha value is -4.28. The van der Waals surface area contributed by atoms with E-state index in [1.54, 1.807) is 4.90 Å². The first-order valence-corrected chi connectivity index (χ1v) is 20.3. The smallest absolute Gasteiger partial charge is 0.418 e. The highest BCUT2D eigenvalue weighted by molar-refractivity contribution is 6.33. The van der Waals surface area contributed by atoms with Crippen LogP contribution < -0.4 is 11.1 Å². The molecular formula is C40H53ClF3N7O6. The van der Waals surface area contributed by atoms with Gasteiger partial charge >= 0.3 is 24.3 Å². The molecule has 2 aromatic rings. The third kappa shape index (κ3) is 10.2. The van der Waals surface area contributed by atoms with E-state index in [1.165, 1.54) is 15.9 Å². The number of piperazine rings is 1. The van der Waals surface area contributed by atoms with Crippen molar-refractivity contribution in [3.05, 3.63) is 58.1 Å². The zero-order chi connectivity index (χ0) is 40.9. The maximum Gasteiger partial charge on any atom is 0.418 e. The minimum absolute atomic E-state index is 0.0000391. The van der Waals surface area contributed by atoms with E-state index in [2.05, 4.69) is 15.1 Å². The molecule has 2 aromatic carbocycles. The summed E-state index contributed by atoms with van der Waals surface area (Å²) in [5.74, 6) is -1.09. The van der Waals surface area contributed by atoms with Crippen molar-refractivity contribution >= 4 is 47.0 Å². The van der Waals surface area contributed by atoms with Crippen LogP contribution in [0.3, 0.4) is 0 Å². The molecule has 0 saturated carbocycles. The number of amides is 4. The van der Waals surface area contributed by atoms with Gasteiger partial charge in [0.2, 0.25) is 0 Å². The molecule has 17 heteroatoms. The van der Waals surface area contributed by atoms with E-state index in [0.717, 1.165) is 49.7 Å². The molecule has 4 amide bonds. The number of fused-ring (bicyclic) bond motifs is 1. The summed E-state index contributed by atoms with van der Waals surface area (Å²) in [4.78, 5) is 64.0. The van der Waals surface area contributed by atoms with Gasteiger partial charge in [0.15, 0.2) is 6.10 Å². The summed E-state index contributed by atoms with van der Waals surface area (Å²) in [6.45, 7) is 5.47. The maximum absolute atomic E-state index is 14.5. The van der Waals surface area contributed by atoms with E-state index < -0.39 is 54.0 Å². The second-order valence-corrected chi connectivity index (χ2v) is 15.9. The number of rotatable bonds is 10. The van der Waals surface area contributed by atoms with Gasteiger partial charge in [-0.05, 0) is 88.0 Å². The second-order valence-electron chi connectivity index (χ2n) is 15.5. The first-order valence-electron chi connectivity index (χ1n) is 19.9. The Morgan fingerprint density at radius 3 is 2.37 bits per heavy atom. The number of hydrogen-bond donors (Lipinski definition) is 2. The molecule has 3 saturated heterocycles. The van der Waals surface area contributed by atoms with Crippen molar-refractivity contribution in [2.24, 2.45) is 0 Å². The summed E-state index contributed by atoms with van der Waals surface area (Å²) in [6, 6.07) is 8.67. The molecule has 4 heterocycles. The van der Waals surface area contributed by atoms with Crippen LogP contribution in [0.15, 0.2) is 36.4 Å². The number of carbonyl (C=O) groups excluding carboxylic acids is 4. The van der Waals surface area contributed by atoms with Gasteiger partial charge in [0.1, 0.15) is 6.04 Å². The van der Waals surface area contributed by atoms with Gasteiger partial charge in [0.05, 0.1) is 22.9 Å². The summed E-state index contributed by atoms with van der Waals surface area (Å²) in [5.41, 5.74) is 5.70. The molecule has 0 unspecified atom stereocenters. The van der Waals surface area contributed by atoms with Crippen LogP contribution in [0.25, 0.3) is 0 Å². The molecule has 13 nitrogen and oxygen atoms in total. The minimum Gasteiger partial charge on any atom is -0.464 e. The first-order chi connectivity index (χ1) is 27.2. The molecule has 4 aliphatic rings. The molecule has 0 aromatic heterocycles. The Balaban J connectivity index is 1.19. The molecule has 312 valence electrons. The maximum atomic E-state index is 14.5. The zero-order valence-electron chi connectivity index (χ0n) is 32.6. The highest BCUT2D eigenvalue weighted by Gasteiger charge is 2.43. The molecule has 0 aliphatic carbocycles. The molecule has 4 aliphatic heterocycles. The predicted molar refractivity (Wildman–Crippen MR) is 209 cm³/mol. The van der Waals surface area contributed by atoms with E-state index in [-0.39, 0.29) is 61.5 Å². The van der Waals surface area contributed by atoms with Gasteiger partial charge in [-0.25, -0.2) is 9.59 Å². The Morgan fingerprint density at radius 2 is 1.67 bits per heavy atom. The first kappa shape index (κ1) is 42.3. The fourth-order valence-electron chi connectivity index (χ4n) is 8.30. The highest BCUT2D eigenvalue weighted by Crippen LogP contribution is 2.38. The number of piperidine rings is 2. The number of anilines is 2. The molecule has 0 spiro atoms. The van der Waals surface area contributed by atoms with Gasteiger partial charge in [0, 0.05) is 63.5 Å². The second kappa shape index (κ2) is 18.5. The van der Waals surface area contributed by atoms with E-state index >= 15 is 0 Å². The van der Waals surface area contributed by atoms with Crippen LogP contribution in [-0.4, -0.2) is 139 Å². The average molecular weight is 820 g/mol. The fourth-order valence-corrected chi connectivity index (χ4v) is 8.54. The van der Waals surface area contributed by atoms with Crippen LogP contribution in [-0.2, 0) is 38.1 Å². The Bertz CT molecular complexity index is 1770. The van der Waals surface area contributed by atoms with Crippen LogP contribution in [0.1, 0.15) is 62.1 Å². The topological polar surface area (TPSA) is 141 Å². The van der Waals surface area contributed by atoms with Crippen molar-refractivity contribution in [3.8, 4) is 0 Å². The van der Waals surface area contributed by atoms with Crippen molar-refractivity contribution in [1.82, 2.24) is 24.5 Å². The number of nitrogen functional groups attached to an aromatic ring is 1. The van der Waals surface area contributed by atoms with Crippen molar-refractivity contribution in [1.29, 1.82) is 0 Å². The normalized spacial score (nSPS) is 21.1. The summed E-state index contributed by atoms with van der Waals surface area (Å²) in [6.07, 6.45) is -2.79. The van der Waals surface area contributed by atoms with E-state index in [1.807, 2.05) is 38.2 Å². The summed E-state index contributed by atoms with van der Waals surface area (Å²) < 4.78 is 53.5. The summed E-state index contributed by atoms with van der Waals surface area (Å²) in [5, 5.41) is 2.64. The van der Waals surface area contributed by atoms with Crippen LogP contribution >= 0.6 is 11.6 Å². The Kier molecular flexibility index (Phi) is 13.8. The number of hydrogen-bond acceptors (Lipinski definition) is 9. The number of urea groups is 1. The van der Waals surface area contributed by atoms with Gasteiger partial charge in [-0.2, -0.15) is 13.2 Å². The number of halogens is 4. The third-order valence-electron chi connectivity index (χ3n) is 11.6. The molecule has 0 bridgehead atoms. The van der Waals surface area contributed by atoms with Gasteiger partial charge in [-0.15, -0.1) is 0 Å². The Morgan fingerprint density at radius 1 is 0.965 bits per heavy atom.